The maximum atomic E-state index is 10.6. The van der Waals surface area contributed by atoms with E-state index in [1.54, 1.807) is 22.9 Å². The molecule has 0 unspecified atom stereocenters. The highest BCUT2D eigenvalue weighted by atomic mass is 79.9. The first-order chi connectivity index (χ1) is 4.70. The quantitative estimate of drug-likeness (QED) is 0.490. The Morgan fingerprint density at radius 1 is 1.64 bits per heavy atom. The summed E-state index contributed by atoms with van der Waals surface area (Å²) in [4.78, 5) is 10.6. The summed E-state index contributed by atoms with van der Waals surface area (Å²) in [6.07, 6.45) is 3.52. The van der Waals surface area contributed by atoms with Crippen molar-refractivity contribution in [3.8, 4) is 0 Å². The molecule has 2 N–H and O–H groups in total. The van der Waals surface area contributed by atoms with E-state index in [1.165, 1.54) is 0 Å². The monoisotopic (exact) mass is 216 g/mol. The molecule has 0 fully saturated rings. The van der Waals surface area contributed by atoms with Gasteiger partial charge in [0.2, 0.25) is 0 Å². The molecule has 1 aromatic heterocycles. The molecule has 0 aliphatic heterocycles. The van der Waals surface area contributed by atoms with Gasteiger partial charge in [0.05, 0.1) is 0 Å². The van der Waals surface area contributed by atoms with Crippen molar-refractivity contribution < 1.29 is 26.3 Å². The van der Waals surface area contributed by atoms with E-state index in [9.17, 15) is 4.79 Å². The number of carbonyl (C=O) groups is 1. The van der Waals surface area contributed by atoms with E-state index in [2.05, 4.69) is 0 Å². The van der Waals surface area contributed by atoms with Gasteiger partial charge in [-0.2, -0.15) is 0 Å². The highest BCUT2D eigenvalue weighted by Crippen LogP contribution is 1.89. The Hall–Kier alpha value is -0.900. The van der Waals surface area contributed by atoms with Gasteiger partial charge in [0.1, 0.15) is 12.6 Å². The topological polar surface area (TPSA) is 47.0 Å². The van der Waals surface area contributed by atoms with Crippen LogP contribution in [0.4, 0.5) is 0 Å². The summed E-state index contributed by atoms with van der Waals surface area (Å²) in [5.41, 5.74) is 5.56. The van der Waals surface area contributed by atoms with E-state index >= 15 is 0 Å². The van der Waals surface area contributed by atoms with Crippen LogP contribution in [0.5, 0.6) is 0 Å². The summed E-state index contributed by atoms with van der Waals surface area (Å²) in [5.74, 6) is -0.392. The number of rotatable bonds is 1. The van der Waals surface area contributed by atoms with Crippen molar-refractivity contribution in [3.05, 3.63) is 30.1 Å². The Balaban J connectivity index is 0.000001000. The lowest BCUT2D eigenvalue weighted by Gasteiger charge is -1.89. The molecule has 3 nitrogen and oxygen atoms in total. The molecule has 0 aliphatic carbocycles. The summed E-state index contributed by atoms with van der Waals surface area (Å²) in [6, 6.07) is 3.46. The first kappa shape index (κ1) is 10.1. The third-order valence-corrected chi connectivity index (χ3v) is 1.22. The maximum absolute atomic E-state index is 10.6. The lowest BCUT2D eigenvalue weighted by molar-refractivity contribution is -0.671. The zero-order valence-electron chi connectivity index (χ0n) is 6.12. The summed E-state index contributed by atoms with van der Waals surface area (Å²) in [7, 11) is 1.84. The lowest BCUT2D eigenvalue weighted by atomic mass is 10.3. The molecule has 0 spiro atoms. The lowest BCUT2D eigenvalue weighted by Crippen LogP contribution is -3.00. The number of hydrogen-bond acceptors (Lipinski definition) is 1. The van der Waals surface area contributed by atoms with E-state index in [0.29, 0.717) is 5.56 Å². The van der Waals surface area contributed by atoms with Gasteiger partial charge in [0.25, 0.3) is 5.91 Å². The van der Waals surface area contributed by atoms with Crippen molar-refractivity contribution in [2.45, 2.75) is 0 Å². The molecular weight excluding hydrogens is 208 g/mol. The SMILES string of the molecule is C[n+]1cccc(C(N)=O)c1.[Br-]. The fourth-order valence-corrected chi connectivity index (χ4v) is 0.734. The molecule has 1 rings (SSSR count). The third kappa shape index (κ3) is 2.67. The van der Waals surface area contributed by atoms with Crippen molar-refractivity contribution in [1.29, 1.82) is 0 Å². The number of nitrogens with zero attached hydrogens (tertiary/aromatic N) is 1. The first-order valence-electron chi connectivity index (χ1n) is 2.95. The molecule has 0 aromatic carbocycles. The predicted octanol–water partition coefficient (Wildman–Crippen LogP) is -3.39. The zero-order chi connectivity index (χ0) is 7.56. The van der Waals surface area contributed by atoms with Gasteiger partial charge in [-0.05, 0) is 6.07 Å². The van der Waals surface area contributed by atoms with Crippen molar-refractivity contribution in [3.63, 3.8) is 0 Å². The van der Waals surface area contributed by atoms with Crippen LogP contribution in [0.3, 0.4) is 0 Å². The van der Waals surface area contributed by atoms with E-state index in [0.717, 1.165) is 0 Å². The molecule has 4 heteroatoms. The van der Waals surface area contributed by atoms with E-state index in [4.69, 9.17) is 5.73 Å². The van der Waals surface area contributed by atoms with Crippen LogP contribution in [0.15, 0.2) is 24.5 Å². The number of halogens is 1. The zero-order valence-corrected chi connectivity index (χ0v) is 7.71. The Kier molecular flexibility index (Phi) is 3.74. The molecule has 1 aromatic rings. The maximum Gasteiger partial charge on any atom is 0.254 e. The molecule has 60 valence electrons. The Morgan fingerprint density at radius 3 is 2.64 bits per heavy atom. The minimum absolute atomic E-state index is 0. The van der Waals surface area contributed by atoms with Gasteiger partial charge in [-0.25, -0.2) is 4.57 Å². The predicted molar refractivity (Wildman–Crippen MR) is 36.1 cm³/mol. The fraction of sp³-hybridized carbons (Fsp3) is 0.143. The van der Waals surface area contributed by atoms with Crippen LogP contribution in [-0.2, 0) is 7.05 Å². The van der Waals surface area contributed by atoms with Gasteiger partial charge in [0.15, 0.2) is 12.4 Å². The van der Waals surface area contributed by atoms with Gasteiger partial charge >= 0.3 is 0 Å². The van der Waals surface area contributed by atoms with Gasteiger partial charge < -0.3 is 22.7 Å². The van der Waals surface area contributed by atoms with Gasteiger partial charge in [-0.15, -0.1) is 0 Å². The van der Waals surface area contributed by atoms with Crippen LogP contribution < -0.4 is 27.3 Å². The van der Waals surface area contributed by atoms with Crippen molar-refractivity contribution in [1.82, 2.24) is 0 Å². The van der Waals surface area contributed by atoms with Crippen molar-refractivity contribution in [2.24, 2.45) is 12.8 Å². The third-order valence-electron chi connectivity index (χ3n) is 1.22. The molecule has 0 saturated heterocycles. The molecule has 1 heterocycles. The Labute approximate surface area is 75.6 Å². The smallest absolute Gasteiger partial charge is 0.254 e. The van der Waals surface area contributed by atoms with E-state index in [1.807, 2.05) is 13.2 Å². The average molecular weight is 217 g/mol. The van der Waals surface area contributed by atoms with Gasteiger partial charge in [0, 0.05) is 6.07 Å². The second-order valence-corrected chi connectivity index (χ2v) is 2.12. The van der Waals surface area contributed by atoms with Crippen molar-refractivity contribution in [2.75, 3.05) is 0 Å². The van der Waals surface area contributed by atoms with Gasteiger partial charge in [-0.3, -0.25) is 4.79 Å². The molecule has 0 bridgehead atoms. The summed E-state index contributed by atoms with van der Waals surface area (Å²) >= 11 is 0. The van der Waals surface area contributed by atoms with E-state index in [-0.39, 0.29) is 17.0 Å². The molecule has 0 atom stereocenters. The van der Waals surface area contributed by atoms with Crippen LogP contribution >= 0.6 is 0 Å². The highest BCUT2D eigenvalue weighted by molar-refractivity contribution is 5.92. The number of aromatic nitrogens is 1. The molecule has 1 amide bonds. The van der Waals surface area contributed by atoms with Crippen LogP contribution in [0.1, 0.15) is 10.4 Å². The molecule has 0 aliphatic rings. The second-order valence-electron chi connectivity index (χ2n) is 2.12. The standard InChI is InChI=1S/C7H8N2O.BrH/c1-9-4-2-3-6(5-9)7(8)10;/h2-5H,1H3,(H-,8,10);1H. The number of aryl methyl sites for hydroxylation is 1. The van der Waals surface area contributed by atoms with Crippen LogP contribution in [0.25, 0.3) is 0 Å². The van der Waals surface area contributed by atoms with Crippen LogP contribution in [0, 0.1) is 0 Å². The first-order valence-corrected chi connectivity index (χ1v) is 2.95. The normalized spacial score (nSPS) is 8.45. The largest absolute Gasteiger partial charge is 1.00 e. The Morgan fingerprint density at radius 2 is 2.27 bits per heavy atom. The molecule has 11 heavy (non-hydrogen) atoms. The molecular formula is C7H9BrN2O. The number of hydrogen-bond donors (Lipinski definition) is 1. The van der Waals surface area contributed by atoms with Crippen LogP contribution in [-0.4, -0.2) is 5.91 Å². The summed E-state index contributed by atoms with van der Waals surface area (Å²) in [5, 5.41) is 0. The summed E-state index contributed by atoms with van der Waals surface area (Å²) < 4.78 is 1.78. The van der Waals surface area contributed by atoms with Gasteiger partial charge in [-0.1, -0.05) is 0 Å². The number of pyridine rings is 1. The average Bonchev–Trinajstić information content (AvgIpc) is 1.88. The molecule has 0 radical (unpaired) electrons. The Bertz CT molecular complexity index is 262. The number of primary amides is 1. The second kappa shape index (κ2) is 4.08. The minimum atomic E-state index is -0.392. The number of nitrogens with two attached hydrogens (primary N) is 1. The minimum Gasteiger partial charge on any atom is -1.00 e. The number of amides is 1. The van der Waals surface area contributed by atoms with E-state index < -0.39 is 5.91 Å². The number of carbonyl (C=O) groups excluding carboxylic acids is 1. The summed E-state index contributed by atoms with van der Waals surface area (Å²) in [6.45, 7) is 0. The molecule has 0 saturated carbocycles. The van der Waals surface area contributed by atoms with Crippen molar-refractivity contribution >= 4 is 5.91 Å². The highest BCUT2D eigenvalue weighted by Gasteiger charge is 2.02. The van der Waals surface area contributed by atoms with Crippen LogP contribution in [0.2, 0.25) is 0 Å². The fourth-order valence-electron chi connectivity index (χ4n) is 0.734.